The minimum absolute atomic E-state index is 0.108. The van der Waals surface area contributed by atoms with Crippen LogP contribution in [0.25, 0.3) is 0 Å². The highest BCUT2D eigenvalue weighted by molar-refractivity contribution is 7.92. The van der Waals surface area contributed by atoms with Gasteiger partial charge in [-0.05, 0) is 60.5 Å². The maximum atomic E-state index is 12.3. The second-order valence-electron chi connectivity index (χ2n) is 7.50. The molecular weight excluding hydrogens is 497 g/mol. The van der Waals surface area contributed by atoms with Gasteiger partial charge in [-0.2, -0.15) is 5.10 Å². The Labute approximate surface area is 209 Å². The average molecular weight is 520 g/mol. The van der Waals surface area contributed by atoms with Gasteiger partial charge in [-0.3, -0.25) is 9.10 Å². The lowest BCUT2D eigenvalue weighted by atomic mass is 10.2. The van der Waals surface area contributed by atoms with Crippen molar-refractivity contribution < 1.29 is 17.9 Å². The zero-order valence-corrected chi connectivity index (χ0v) is 20.9. The average Bonchev–Trinajstić information content (AvgIpc) is 2.79. The molecule has 0 spiro atoms. The van der Waals surface area contributed by atoms with E-state index in [0.717, 1.165) is 21.7 Å². The standard InChI is InChI=1S/C24H23Cl2N3O4S/c1-17-3-5-19(6-4-17)16-33-21-10-7-18(8-11-21)14-27-28-24(30)15-29(34(2,31)32)23-13-20(25)9-12-22(23)26/h3-14H,15-16H2,1-2H3,(H,28,30)/b27-14-. The number of hydrogen-bond acceptors (Lipinski definition) is 5. The van der Waals surface area contributed by atoms with E-state index in [1.165, 1.54) is 30.0 Å². The highest BCUT2D eigenvalue weighted by Gasteiger charge is 2.23. The molecule has 0 unspecified atom stereocenters. The van der Waals surface area contributed by atoms with Crippen LogP contribution in [0.5, 0.6) is 5.75 Å². The molecule has 0 aromatic heterocycles. The molecule has 10 heteroatoms. The number of carbonyl (C=O) groups excluding carboxylic acids is 1. The SMILES string of the molecule is Cc1ccc(COc2ccc(/C=N\NC(=O)CN(c3cc(Cl)ccc3Cl)S(C)(=O)=O)cc2)cc1. The van der Waals surface area contributed by atoms with E-state index in [-0.39, 0.29) is 15.7 Å². The van der Waals surface area contributed by atoms with Gasteiger partial charge in [0.25, 0.3) is 5.91 Å². The van der Waals surface area contributed by atoms with E-state index in [2.05, 4.69) is 10.5 Å². The van der Waals surface area contributed by atoms with Crippen LogP contribution in [0.1, 0.15) is 16.7 Å². The molecule has 0 aliphatic heterocycles. The first-order valence-corrected chi connectivity index (χ1v) is 12.8. The fourth-order valence-corrected chi connectivity index (χ4v) is 4.20. The molecule has 0 fully saturated rings. The highest BCUT2D eigenvalue weighted by Crippen LogP contribution is 2.30. The molecule has 0 saturated heterocycles. The number of anilines is 1. The Bertz CT molecular complexity index is 1280. The van der Waals surface area contributed by atoms with Crippen LogP contribution in [-0.4, -0.2) is 33.3 Å². The Morgan fingerprint density at radius 3 is 2.38 bits per heavy atom. The first-order valence-electron chi connectivity index (χ1n) is 10.1. The van der Waals surface area contributed by atoms with Crippen LogP contribution in [0.15, 0.2) is 71.8 Å². The van der Waals surface area contributed by atoms with Gasteiger partial charge >= 0.3 is 0 Å². The fourth-order valence-electron chi connectivity index (χ4n) is 2.90. The van der Waals surface area contributed by atoms with Gasteiger partial charge in [0.15, 0.2) is 0 Å². The second kappa shape index (κ2) is 11.4. The molecule has 0 aliphatic rings. The molecule has 1 amide bonds. The van der Waals surface area contributed by atoms with Gasteiger partial charge in [0.1, 0.15) is 18.9 Å². The predicted molar refractivity (Wildman–Crippen MR) is 136 cm³/mol. The lowest BCUT2D eigenvalue weighted by Gasteiger charge is -2.22. The smallest absolute Gasteiger partial charge is 0.260 e. The number of halogens is 2. The van der Waals surface area contributed by atoms with Gasteiger partial charge in [-0.15, -0.1) is 0 Å². The van der Waals surface area contributed by atoms with Crippen molar-refractivity contribution in [2.24, 2.45) is 5.10 Å². The topological polar surface area (TPSA) is 88.1 Å². The number of hydrogen-bond donors (Lipinski definition) is 1. The summed E-state index contributed by atoms with van der Waals surface area (Å²) in [5.41, 5.74) is 5.41. The fraction of sp³-hybridized carbons (Fsp3) is 0.167. The van der Waals surface area contributed by atoms with E-state index in [9.17, 15) is 13.2 Å². The van der Waals surface area contributed by atoms with Crippen LogP contribution in [0.3, 0.4) is 0 Å². The minimum Gasteiger partial charge on any atom is -0.489 e. The summed E-state index contributed by atoms with van der Waals surface area (Å²) in [6, 6.07) is 19.6. The van der Waals surface area contributed by atoms with Crippen molar-refractivity contribution in [2.75, 3.05) is 17.1 Å². The van der Waals surface area contributed by atoms with Crippen molar-refractivity contribution in [1.29, 1.82) is 0 Å². The highest BCUT2D eigenvalue weighted by atomic mass is 35.5. The number of carbonyl (C=O) groups is 1. The van der Waals surface area contributed by atoms with E-state index in [0.29, 0.717) is 12.4 Å². The summed E-state index contributed by atoms with van der Waals surface area (Å²) in [5.74, 6) is 0.0553. The summed E-state index contributed by atoms with van der Waals surface area (Å²) in [5, 5.41) is 4.33. The van der Waals surface area contributed by atoms with Crippen LogP contribution in [0, 0.1) is 6.92 Å². The molecule has 178 valence electrons. The molecule has 0 heterocycles. The van der Waals surface area contributed by atoms with E-state index in [4.69, 9.17) is 27.9 Å². The van der Waals surface area contributed by atoms with Gasteiger partial charge in [-0.1, -0.05) is 53.0 Å². The molecule has 0 saturated carbocycles. The van der Waals surface area contributed by atoms with Crippen LogP contribution < -0.4 is 14.5 Å². The molecule has 1 N–H and O–H groups in total. The molecule has 3 aromatic carbocycles. The molecular formula is C24H23Cl2N3O4S. The molecule has 34 heavy (non-hydrogen) atoms. The third-order valence-electron chi connectivity index (χ3n) is 4.67. The lowest BCUT2D eigenvalue weighted by molar-refractivity contribution is -0.119. The Morgan fingerprint density at radius 1 is 1.06 bits per heavy atom. The maximum absolute atomic E-state index is 12.3. The van der Waals surface area contributed by atoms with Gasteiger partial charge in [0.05, 0.1) is 23.2 Å². The Kier molecular flexibility index (Phi) is 8.55. The van der Waals surface area contributed by atoms with Crippen LogP contribution >= 0.6 is 23.2 Å². The first kappa shape index (κ1) is 25.6. The van der Waals surface area contributed by atoms with E-state index >= 15 is 0 Å². The monoisotopic (exact) mass is 519 g/mol. The normalized spacial score (nSPS) is 11.4. The molecule has 3 aromatic rings. The number of benzene rings is 3. The van der Waals surface area contributed by atoms with E-state index < -0.39 is 22.5 Å². The number of nitrogens with zero attached hydrogens (tertiary/aromatic N) is 2. The molecule has 0 atom stereocenters. The summed E-state index contributed by atoms with van der Waals surface area (Å²) in [4.78, 5) is 12.3. The number of ether oxygens (including phenoxy) is 1. The summed E-state index contributed by atoms with van der Waals surface area (Å²) in [6.07, 6.45) is 2.42. The van der Waals surface area contributed by atoms with Crippen molar-refractivity contribution >= 4 is 51.0 Å². The molecule has 0 bridgehead atoms. The Morgan fingerprint density at radius 2 is 1.74 bits per heavy atom. The van der Waals surface area contributed by atoms with Gasteiger partial charge in [0.2, 0.25) is 10.0 Å². The van der Waals surface area contributed by atoms with E-state index in [1.54, 1.807) is 24.3 Å². The third kappa shape index (κ3) is 7.48. The summed E-state index contributed by atoms with van der Waals surface area (Å²) >= 11 is 12.1. The van der Waals surface area contributed by atoms with Gasteiger partial charge in [-0.25, -0.2) is 13.8 Å². The van der Waals surface area contributed by atoms with Gasteiger partial charge < -0.3 is 4.74 Å². The van der Waals surface area contributed by atoms with Crippen LogP contribution in [0.2, 0.25) is 10.0 Å². The van der Waals surface area contributed by atoms with Crippen molar-refractivity contribution in [3.05, 3.63) is 93.5 Å². The minimum atomic E-state index is -3.80. The summed E-state index contributed by atoms with van der Waals surface area (Å²) in [6.45, 7) is 1.98. The molecule has 0 radical (unpaired) electrons. The molecule has 7 nitrogen and oxygen atoms in total. The van der Waals surface area contributed by atoms with E-state index in [1.807, 2.05) is 31.2 Å². The number of amides is 1. The Balaban J connectivity index is 1.57. The zero-order chi connectivity index (χ0) is 24.7. The van der Waals surface area contributed by atoms with Crippen molar-refractivity contribution in [3.8, 4) is 5.75 Å². The predicted octanol–water partition coefficient (Wildman–Crippen LogP) is 4.80. The number of hydrazone groups is 1. The van der Waals surface area contributed by atoms with Crippen molar-refractivity contribution in [3.63, 3.8) is 0 Å². The number of nitrogens with one attached hydrogen (secondary N) is 1. The third-order valence-corrected chi connectivity index (χ3v) is 6.35. The molecule has 0 aliphatic carbocycles. The Hall–Kier alpha value is -3.07. The maximum Gasteiger partial charge on any atom is 0.260 e. The van der Waals surface area contributed by atoms with Crippen molar-refractivity contribution in [1.82, 2.24) is 5.43 Å². The van der Waals surface area contributed by atoms with Crippen molar-refractivity contribution in [2.45, 2.75) is 13.5 Å². The van der Waals surface area contributed by atoms with Gasteiger partial charge in [0, 0.05) is 5.02 Å². The number of rotatable bonds is 9. The first-order chi connectivity index (χ1) is 16.1. The molecule has 3 rings (SSSR count). The van der Waals surface area contributed by atoms with Crippen LogP contribution in [-0.2, 0) is 21.4 Å². The number of sulfonamides is 1. The second-order valence-corrected chi connectivity index (χ2v) is 10.3. The zero-order valence-electron chi connectivity index (χ0n) is 18.5. The summed E-state index contributed by atoms with van der Waals surface area (Å²) in [7, 11) is -3.80. The quantitative estimate of drug-likeness (QED) is 0.325. The largest absolute Gasteiger partial charge is 0.489 e. The lowest BCUT2D eigenvalue weighted by Crippen LogP contribution is -2.39. The van der Waals surface area contributed by atoms with Crippen LogP contribution in [0.4, 0.5) is 5.69 Å². The summed E-state index contributed by atoms with van der Waals surface area (Å²) < 4.78 is 31.1. The number of aryl methyl sites for hydroxylation is 1.